The van der Waals surface area contributed by atoms with Gasteiger partial charge >= 0.3 is 0 Å². The Balaban J connectivity index is 1.90. The molecule has 0 amide bonds. The molecule has 0 heterocycles. The van der Waals surface area contributed by atoms with Crippen molar-refractivity contribution in [2.24, 2.45) is 5.41 Å². The quantitative estimate of drug-likeness (QED) is 0.862. The van der Waals surface area contributed by atoms with E-state index in [4.69, 9.17) is 0 Å². The van der Waals surface area contributed by atoms with Crippen molar-refractivity contribution in [3.8, 4) is 0 Å². The van der Waals surface area contributed by atoms with Crippen LogP contribution in [0, 0.1) is 5.41 Å². The summed E-state index contributed by atoms with van der Waals surface area (Å²) in [6.45, 7) is 2.89. The molecule has 0 spiro atoms. The van der Waals surface area contributed by atoms with Crippen LogP contribution in [0.15, 0.2) is 28.7 Å². The van der Waals surface area contributed by atoms with E-state index in [2.05, 4.69) is 40.3 Å². The molecule has 1 fully saturated rings. The molecule has 0 saturated heterocycles. The van der Waals surface area contributed by atoms with Gasteiger partial charge in [-0.3, -0.25) is 0 Å². The van der Waals surface area contributed by atoms with E-state index >= 15 is 0 Å². The molecular formula is C14H20BrNO2S. The summed E-state index contributed by atoms with van der Waals surface area (Å²) in [5.74, 6) is 0.306. The molecule has 1 N–H and O–H groups in total. The van der Waals surface area contributed by atoms with Crippen molar-refractivity contribution in [1.29, 1.82) is 0 Å². The summed E-state index contributed by atoms with van der Waals surface area (Å²) in [4.78, 5) is 0. The van der Waals surface area contributed by atoms with Gasteiger partial charge in [-0.25, -0.2) is 8.42 Å². The first kappa shape index (κ1) is 15.0. The van der Waals surface area contributed by atoms with E-state index < -0.39 is 9.84 Å². The standard InChI is InChI=1S/C14H20BrNO2S/c1-11(12-3-5-13(15)6-4-12)16-9-14(7-8-14)10-19(2,17)18/h3-6,11,16H,7-10H2,1-2H3/t11-/m1/s1. The Morgan fingerprint density at radius 1 is 1.32 bits per heavy atom. The van der Waals surface area contributed by atoms with E-state index in [0.29, 0.717) is 5.75 Å². The van der Waals surface area contributed by atoms with Crippen molar-refractivity contribution in [3.63, 3.8) is 0 Å². The van der Waals surface area contributed by atoms with Gasteiger partial charge in [-0.2, -0.15) is 0 Å². The van der Waals surface area contributed by atoms with Gasteiger partial charge in [0.25, 0.3) is 0 Å². The average Bonchev–Trinajstić information content (AvgIpc) is 3.05. The Kier molecular flexibility index (Phi) is 4.38. The summed E-state index contributed by atoms with van der Waals surface area (Å²) in [6, 6.07) is 8.45. The van der Waals surface area contributed by atoms with E-state index in [1.54, 1.807) is 0 Å². The van der Waals surface area contributed by atoms with Crippen LogP contribution >= 0.6 is 15.9 Å². The number of hydrogen-bond acceptors (Lipinski definition) is 3. The summed E-state index contributed by atoms with van der Waals surface area (Å²) in [6.07, 6.45) is 3.35. The number of rotatable bonds is 6. The summed E-state index contributed by atoms with van der Waals surface area (Å²) in [5, 5.41) is 3.46. The molecule has 0 radical (unpaired) electrons. The molecule has 0 aromatic heterocycles. The second kappa shape index (κ2) is 5.54. The maximum absolute atomic E-state index is 11.4. The van der Waals surface area contributed by atoms with E-state index in [9.17, 15) is 8.42 Å². The van der Waals surface area contributed by atoms with Crippen LogP contribution in [0.1, 0.15) is 31.4 Å². The van der Waals surface area contributed by atoms with Crippen LogP contribution in [0.3, 0.4) is 0 Å². The molecule has 1 aliphatic carbocycles. The van der Waals surface area contributed by atoms with Crippen molar-refractivity contribution in [3.05, 3.63) is 34.3 Å². The fourth-order valence-electron chi connectivity index (χ4n) is 2.34. The first-order chi connectivity index (χ1) is 8.80. The monoisotopic (exact) mass is 345 g/mol. The predicted octanol–water partition coefficient (Wildman–Crippen LogP) is 2.92. The van der Waals surface area contributed by atoms with Crippen LogP contribution in [0.4, 0.5) is 0 Å². The second-order valence-corrected chi connectivity index (χ2v) is 8.78. The molecule has 1 aliphatic rings. The Labute approximate surface area is 123 Å². The highest BCUT2D eigenvalue weighted by Crippen LogP contribution is 2.46. The van der Waals surface area contributed by atoms with Crippen LogP contribution in [-0.2, 0) is 9.84 Å². The average molecular weight is 346 g/mol. The van der Waals surface area contributed by atoms with Crippen molar-refractivity contribution in [2.45, 2.75) is 25.8 Å². The first-order valence-corrected chi connectivity index (χ1v) is 9.32. The van der Waals surface area contributed by atoms with Gasteiger partial charge in [0.2, 0.25) is 0 Å². The molecule has 2 rings (SSSR count). The SMILES string of the molecule is C[C@@H](NCC1(CS(C)(=O)=O)CC1)c1ccc(Br)cc1. The van der Waals surface area contributed by atoms with Crippen LogP contribution in [0.5, 0.6) is 0 Å². The second-order valence-electron chi connectivity index (χ2n) is 5.72. The van der Waals surface area contributed by atoms with Crippen LogP contribution < -0.4 is 5.32 Å². The van der Waals surface area contributed by atoms with Gasteiger partial charge in [-0.15, -0.1) is 0 Å². The molecule has 0 unspecified atom stereocenters. The fourth-order valence-corrected chi connectivity index (χ4v) is 4.11. The minimum absolute atomic E-state index is 0.0167. The van der Waals surface area contributed by atoms with Crippen molar-refractivity contribution >= 4 is 25.8 Å². The lowest BCUT2D eigenvalue weighted by Crippen LogP contribution is -2.31. The highest BCUT2D eigenvalue weighted by Gasteiger charge is 2.44. The van der Waals surface area contributed by atoms with Gasteiger partial charge in [-0.1, -0.05) is 28.1 Å². The summed E-state index contributed by atoms with van der Waals surface area (Å²) in [7, 11) is -2.88. The number of sulfone groups is 1. The molecule has 1 atom stereocenters. The van der Waals surface area contributed by atoms with Gasteiger partial charge in [0, 0.05) is 23.3 Å². The third-order valence-electron chi connectivity index (χ3n) is 3.68. The van der Waals surface area contributed by atoms with Crippen LogP contribution in [0.2, 0.25) is 0 Å². The summed E-state index contributed by atoms with van der Waals surface area (Å²) >= 11 is 3.42. The number of halogens is 1. The Morgan fingerprint density at radius 3 is 2.37 bits per heavy atom. The Bertz CT molecular complexity index is 535. The highest BCUT2D eigenvalue weighted by atomic mass is 79.9. The van der Waals surface area contributed by atoms with Crippen LogP contribution in [-0.4, -0.2) is 27.0 Å². The number of hydrogen-bond donors (Lipinski definition) is 1. The zero-order valence-electron chi connectivity index (χ0n) is 11.3. The van der Waals surface area contributed by atoms with Gasteiger partial charge in [0.05, 0.1) is 5.75 Å². The largest absolute Gasteiger partial charge is 0.310 e. The molecule has 19 heavy (non-hydrogen) atoms. The van der Waals surface area contributed by atoms with Gasteiger partial charge in [0.1, 0.15) is 9.84 Å². The van der Waals surface area contributed by atoms with Gasteiger partial charge < -0.3 is 5.32 Å². The molecule has 1 saturated carbocycles. The van der Waals surface area contributed by atoms with Crippen LogP contribution in [0.25, 0.3) is 0 Å². The lowest BCUT2D eigenvalue weighted by atomic mass is 10.1. The van der Waals surface area contributed by atoms with Crippen molar-refractivity contribution < 1.29 is 8.42 Å². The number of nitrogens with one attached hydrogen (secondary N) is 1. The van der Waals surface area contributed by atoms with E-state index in [1.807, 2.05) is 12.1 Å². The van der Waals surface area contributed by atoms with E-state index in [0.717, 1.165) is 23.9 Å². The molecule has 106 valence electrons. The maximum atomic E-state index is 11.4. The van der Waals surface area contributed by atoms with E-state index in [1.165, 1.54) is 11.8 Å². The first-order valence-electron chi connectivity index (χ1n) is 6.46. The molecular weight excluding hydrogens is 326 g/mol. The zero-order chi connectivity index (χ0) is 14.1. The topological polar surface area (TPSA) is 46.2 Å². The summed E-state index contributed by atoms with van der Waals surface area (Å²) in [5.41, 5.74) is 1.20. The molecule has 1 aromatic carbocycles. The lowest BCUT2D eigenvalue weighted by Gasteiger charge is -2.20. The zero-order valence-corrected chi connectivity index (χ0v) is 13.7. The molecule has 1 aromatic rings. The molecule has 0 bridgehead atoms. The third kappa shape index (κ3) is 4.58. The lowest BCUT2D eigenvalue weighted by molar-refractivity contribution is 0.454. The highest BCUT2D eigenvalue weighted by molar-refractivity contribution is 9.10. The fraction of sp³-hybridized carbons (Fsp3) is 0.571. The third-order valence-corrected chi connectivity index (χ3v) is 5.34. The smallest absolute Gasteiger partial charge is 0.148 e. The predicted molar refractivity (Wildman–Crippen MR) is 81.9 cm³/mol. The minimum atomic E-state index is -2.88. The maximum Gasteiger partial charge on any atom is 0.148 e. The van der Waals surface area contributed by atoms with Crippen molar-refractivity contribution in [1.82, 2.24) is 5.32 Å². The molecule has 5 heteroatoms. The van der Waals surface area contributed by atoms with Gasteiger partial charge in [-0.05, 0) is 42.9 Å². The normalized spacial score (nSPS) is 19.1. The molecule has 0 aliphatic heterocycles. The molecule has 3 nitrogen and oxygen atoms in total. The number of benzene rings is 1. The Hall–Kier alpha value is -0.390. The summed E-state index contributed by atoms with van der Waals surface area (Å²) < 4.78 is 23.9. The Morgan fingerprint density at radius 2 is 1.89 bits per heavy atom. The van der Waals surface area contributed by atoms with E-state index in [-0.39, 0.29) is 11.5 Å². The minimum Gasteiger partial charge on any atom is -0.310 e. The van der Waals surface area contributed by atoms with Gasteiger partial charge in [0.15, 0.2) is 0 Å². The van der Waals surface area contributed by atoms with Crippen molar-refractivity contribution in [2.75, 3.05) is 18.6 Å².